The molecule has 1 aliphatic rings. The van der Waals surface area contributed by atoms with Gasteiger partial charge in [0.05, 0.1) is 5.02 Å². The predicted octanol–water partition coefficient (Wildman–Crippen LogP) is 4.30. The minimum Gasteiger partial charge on any atom is -0.322 e. The number of amides is 1. The van der Waals surface area contributed by atoms with E-state index in [1.807, 2.05) is 26.0 Å². The third-order valence-corrected chi connectivity index (χ3v) is 7.91. The van der Waals surface area contributed by atoms with Crippen molar-refractivity contribution < 1.29 is 13.2 Å². The fourth-order valence-electron chi connectivity index (χ4n) is 3.77. The van der Waals surface area contributed by atoms with Crippen LogP contribution in [0.2, 0.25) is 5.02 Å². The molecule has 31 heavy (non-hydrogen) atoms. The lowest BCUT2D eigenvalue weighted by Gasteiger charge is -2.28. The van der Waals surface area contributed by atoms with E-state index in [9.17, 15) is 13.2 Å². The molecular formula is C22H29Cl2N3O3S. The molecule has 0 radical (unpaired) electrons. The van der Waals surface area contributed by atoms with E-state index in [0.29, 0.717) is 16.8 Å². The summed E-state index contributed by atoms with van der Waals surface area (Å²) < 4.78 is 28.7. The van der Waals surface area contributed by atoms with Crippen LogP contribution >= 0.6 is 24.0 Å². The Labute approximate surface area is 195 Å². The molecule has 1 saturated heterocycles. The number of piperidine rings is 1. The highest BCUT2D eigenvalue weighted by Crippen LogP contribution is 2.31. The molecule has 0 saturated carbocycles. The second-order valence-electron chi connectivity index (χ2n) is 7.82. The zero-order chi connectivity index (χ0) is 21.9. The Hall–Kier alpha value is -1.64. The molecule has 0 aromatic heterocycles. The van der Waals surface area contributed by atoms with E-state index >= 15 is 0 Å². The Bertz CT molecular complexity index is 1040. The van der Waals surface area contributed by atoms with Crippen LogP contribution in [0, 0.1) is 19.8 Å². The van der Waals surface area contributed by atoms with Gasteiger partial charge in [-0.05, 0) is 81.9 Å². The molecule has 1 amide bonds. The molecule has 0 bridgehead atoms. The van der Waals surface area contributed by atoms with Crippen LogP contribution in [-0.2, 0) is 10.0 Å². The summed E-state index contributed by atoms with van der Waals surface area (Å²) in [6, 6.07) is 10.1. The number of nitrogens with one attached hydrogen (secondary N) is 3. The first-order valence-corrected chi connectivity index (χ1v) is 12.0. The monoisotopic (exact) mass is 485 g/mol. The van der Waals surface area contributed by atoms with Gasteiger partial charge in [-0.25, -0.2) is 13.1 Å². The van der Waals surface area contributed by atoms with Gasteiger partial charge >= 0.3 is 0 Å². The molecule has 170 valence electrons. The summed E-state index contributed by atoms with van der Waals surface area (Å²) in [6.45, 7) is 7.24. The van der Waals surface area contributed by atoms with Gasteiger partial charge in [0.1, 0.15) is 4.90 Å². The summed E-state index contributed by atoms with van der Waals surface area (Å²) >= 11 is 6.43. The molecule has 6 nitrogen and oxygen atoms in total. The van der Waals surface area contributed by atoms with E-state index in [1.165, 1.54) is 6.07 Å². The minimum absolute atomic E-state index is 0. The highest BCUT2D eigenvalue weighted by atomic mass is 35.5. The summed E-state index contributed by atoms with van der Waals surface area (Å²) in [5.74, 6) is 0.0223. The number of rotatable bonds is 6. The van der Waals surface area contributed by atoms with Crippen molar-refractivity contribution in [3.05, 3.63) is 58.1 Å². The maximum atomic E-state index is 13.0. The average Bonchev–Trinajstić information content (AvgIpc) is 2.72. The van der Waals surface area contributed by atoms with Crippen LogP contribution < -0.4 is 15.4 Å². The highest BCUT2D eigenvalue weighted by Gasteiger charge is 2.27. The van der Waals surface area contributed by atoms with Crippen molar-refractivity contribution in [1.82, 2.24) is 10.0 Å². The summed E-state index contributed by atoms with van der Waals surface area (Å²) in [7, 11) is -3.78. The van der Waals surface area contributed by atoms with Gasteiger partial charge in [-0.2, -0.15) is 0 Å². The van der Waals surface area contributed by atoms with Crippen LogP contribution in [0.4, 0.5) is 5.69 Å². The van der Waals surface area contributed by atoms with Crippen LogP contribution in [0.25, 0.3) is 0 Å². The number of sulfonamides is 1. The molecule has 0 unspecified atom stereocenters. The van der Waals surface area contributed by atoms with Crippen LogP contribution in [-0.4, -0.2) is 33.5 Å². The van der Waals surface area contributed by atoms with Crippen molar-refractivity contribution in [3.63, 3.8) is 0 Å². The molecule has 1 fully saturated rings. The Balaban J connectivity index is 0.00000341. The lowest BCUT2D eigenvalue weighted by Crippen LogP contribution is -2.42. The number of carbonyl (C=O) groups excluding carboxylic acids is 1. The number of hydrogen-bond donors (Lipinski definition) is 3. The van der Waals surface area contributed by atoms with Gasteiger partial charge < -0.3 is 10.6 Å². The number of halogens is 2. The zero-order valence-corrected chi connectivity index (χ0v) is 20.3. The number of anilines is 1. The van der Waals surface area contributed by atoms with E-state index in [1.54, 1.807) is 25.1 Å². The van der Waals surface area contributed by atoms with Gasteiger partial charge in [-0.15, -0.1) is 12.4 Å². The van der Waals surface area contributed by atoms with Crippen molar-refractivity contribution >= 4 is 45.6 Å². The molecule has 9 heteroatoms. The molecule has 1 atom stereocenters. The molecule has 2 aromatic carbocycles. The van der Waals surface area contributed by atoms with Crippen LogP contribution in [0.5, 0.6) is 0 Å². The molecule has 3 rings (SSSR count). The average molecular weight is 486 g/mol. The third-order valence-electron chi connectivity index (χ3n) is 5.71. The Morgan fingerprint density at radius 1 is 1.13 bits per heavy atom. The van der Waals surface area contributed by atoms with Crippen LogP contribution in [0.1, 0.15) is 41.3 Å². The predicted molar refractivity (Wildman–Crippen MR) is 128 cm³/mol. The fourth-order valence-corrected chi connectivity index (χ4v) is 5.68. The van der Waals surface area contributed by atoms with Gasteiger partial charge in [0.25, 0.3) is 5.91 Å². The van der Waals surface area contributed by atoms with E-state index in [0.717, 1.165) is 31.5 Å². The molecule has 1 heterocycles. The van der Waals surface area contributed by atoms with Crippen molar-refractivity contribution in [2.45, 2.75) is 44.6 Å². The summed E-state index contributed by atoms with van der Waals surface area (Å²) in [5, 5.41) is 6.23. The maximum absolute atomic E-state index is 13.0. The van der Waals surface area contributed by atoms with E-state index in [2.05, 4.69) is 15.4 Å². The fraction of sp³-hybridized carbons (Fsp3) is 0.409. The van der Waals surface area contributed by atoms with Crippen molar-refractivity contribution in [1.29, 1.82) is 0 Å². The third kappa shape index (κ3) is 5.99. The smallest absolute Gasteiger partial charge is 0.255 e. The molecule has 1 aliphatic heterocycles. The van der Waals surface area contributed by atoms with Crippen LogP contribution in [0.15, 0.2) is 41.3 Å². The molecular weight excluding hydrogens is 457 g/mol. The van der Waals surface area contributed by atoms with E-state index < -0.39 is 10.0 Å². The SMILES string of the molecule is Cc1ccccc1C(=O)Nc1ccc(S(=O)(=O)N[C@H](C)C2CCNCC2)c(Cl)c1C.Cl. The number of benzene rings is 2. The first kappa shape index (κ1) is 25.6. The zero-order valence-electron chi connectivity index (χ0n) is 17.9. The van der Waals surface area contributed by atoms with Crippen molar-refractivity contribution in [3.8, 4) is 0 Å². The van der Waals surface area contributed by atoms with Crippen molar-refractivity contribution in [2.75, 3.05) is 18.4 Å². The number of hydrogen-bond acceptors (Lipinski definition) is 4. The Morgan fingerprint density at radius 3 is 2.42 bits per heavy atom. The van der Waals surface area contributed by atoms with Gasteiger partial charge in [0.15, 0.2) is 0 Å². The van der Waals surface area contributed by atoms with E-state index in [-0.39, 0.29) is 40.2 Å². The first-order chi connectivity index (χ1) is 14.2. The second-order valence-corrected chi connectivity index (χ2v) is 9.88. The van der Waals surface area contributed by atoms with Gasteiger partial charge in [0, 0.05) is 17.3 Å². The number of carbonyl (C=O) groups is 1. The molecule has 3 N–H and O–H groups in total. The van der Waals surface area contributed by atoms with Crippen molar-refractivity contribution in [2.24, 2.45) is 5.92 Å². The Morgan fingerprint density at radius 2 is 1.77 bits per heavy atom. The molecule has 2 aromatic rings. The number of aryl methyl sites for hydroxylation is 1. The standard InChI is InChI=1S/C22H28ClN3O3S.ClH/c1-14-6-4-5-7-18(14)22(27)25-19-8-9-20(21(23)15(19)2)30(28,29)26-16(3)17-10-12-24-13-11-17;/h4-9,16-17,24,26H,10-13H2,1-3H3,(H,25,27);1H/t16-;/m1./s1. The normalized spacial score (nSPS) is 15.7. The minimum atomic E-state index is -3.78. The van der Waals surface area contributed by atoms with E-state index in [4.69, 9.17) is 11.6 Å². The van der Waals surface area contributed by atoms with Gasteiger partial charge in [-0.1, -0.05) is 29.8 Å². The summed E-state index contributed by atoms with van der Waals surface area (Å²) in [4.78, 5) is 12.6. The van der Waals surface area contributed by atoms with Crippen LogP contribution in [0.3, 0.4) is 0 Å². The maximum Gasteiger partial charge on any atom is 0.255 e. The van der Waals surface area contributed by atoms with Gasteiger partial charge in [0.2, 0.25) is 10.0 Å². The summed E-state index contributed by atoms with van der Waals surface area (Å²) in [6.07, 6.45) is 1.86. The lowest BCUT2D eigenvalue weighted by atomic mass is 9.92. The second kappa shape index (κ2) is 10.8. The molecule has 0 spiro atoms. The van der Waals surface area contributed by atoms with Gasteiger partial charge in [-0.3, -0.25) is 4.79 Å². The quantitative estimate of drug-likeness (QED) is 0.569. The molecule has 0 aliphatic carbocycles. The topological polar surface area (TPSA) is 87.3 Å². The highest BCUT2D eigenvalue weighted by molar-refractivity contribution is 7.89. The largest absolute Gasteiger partial charge is 0.322 e. The lowest BCUT2D eigenvalue weighted by molar-refractivity contribution is 0.102. The Kier molecular flexibility index (Phi) is 8.92. The first-order valence-electron chi connectivity index (χ1n) is 10.1. The summed E-state index contributed by atoms with van der Waals surface area (Å²) in [5.41, 5.74) is 2.41.